The fourth-order valence-electron chi connectivity index (χ4n) is 5.86. The van der Waals surface area contributed by atoms with Crippen LogP contribution in [0.25, 0.3) is 51.6 Å². The van der Waals surface area contributed by atoms with Crippen molar-refractivity contribution in [1.82, 2.24) is 0 Å². The van der Waals surface area contributed by atoms with E-state index in [9.17, 15) is 0 Å². The monoisotopic (exact) mass is 549 g/mol. The first kappa shape index (κ1) is 21.7. The van der Waals surface area contributed by atoms with Crippen molar-refractivity contribution in [2.45, 2.75) is 0 Å². The molecule has 0 N–H and O–H groups in total. The van der Waals surface area contributed by atoms with Crippen molar-refractivity contribution in [1.29, 1.82) is 0 Å². The predicted molar refractivity (Wildman–Crippen MR) is 166 cm³/mol. The maximum absolute atomic E-state index is 2.43. The van der Waals surface area contributed by atoms with Crippen LogP contribution >= 0.6 is 0 Å². The third kappa shape index (κ3) is 3.32. The van der Waals surface area contributed by atoms with Gasteiger partial charge in [-0.3, -0.25) is 0 Å². The number of para-hydroxylation sites is 1. The van der Waals surface area contributed by atoms with Crippen molar-refractivity contribution in [2.24, 2.45) is 0 Å². The molecule has 0 amide bonds. The van der Waals surface area contributed by atoms with Gasteiger partial charge in [-0.1, -0.05) is 0 Å². The van der Waals surface area contributed by atoms with Gasteiger partial charge < -0.3 is 0 Å². The summed E-state index contributed by atoms with van der Waals surface area (Å²) in [5.74, 6) is 0. The molecule has 0 saturated carbocycles. The first-order valence-electron chi connectivity index (χ1n) is 12.9. The van der Waals surface area contributed by atoms with Crippen LogP contribution in [0.5, 0.6) is 0 Å². The maximum atomic E-state index is 2.43. The quantitative estimate of drug-likeness (QED) is 0.157. The van der Waals surface area contributed by atoms with Crippen LogP contribution < -0.4 is 4.90 Å². The first-order chi connectivity index (χ1) is 18.8. The van der Waals surface area contributed by atoms with Crippen LogP contribution in [0, 0.1) is 0 Å². The summed E-state index contributed by atoms with van der Waals surface area (Å²) < 4.78 is 2.97. The fourth-order valence-corrected chi connectivity index (χ4v) is 8.41. The SMILES string of the molecule is c1ccc(N(c2ccc3[se]c4c5ccccc5ccc4c3c2)c2cc3ccccc3c3ccccc23)cc1. The van der Waals surface area contributed by atoms with E-state index in [2.05, 4.69) is 144 Å². The van der Waals surface area contributed by atoms with E-state index in [-0.39, 0.29) is 0 Å². The Morgan fingerprint density at radius 3 is 1.92 bits per heavy atom. The van der Waals surface area contributed by atoms with Crippen molar-refractivity contribution in [3.63, 3.8) is 0 Å². The van der Waals surface area contributed by atoms with Crippen molar-refractivity contribution >= 4 is 83.2 Å². The molecule has 38 heavy (non-hydrogen) atoms. The Morgan fingerprint density at radius 1 is 0.395 bits per heavy atom. The molecule has 8 aromatic rings. The zero-order valence-electron chi connectivity index (χ0n) is 20.6. The van der Waals surface area contributed by atoms with Crippen molar-refractivity contribution in [3.05, 3.63) is 140 Å². The molecule has 0 atom stereocenters. The van der Waals surface area contributed by atoms with Gasteiger partial charge in [0.15, 0.2) is 0 Å². The minimum absolute atomic E-state index is 0.303. The molecular formula is C36H23NSe. The van der Waals surface area contributed by atoms with Gasteiger partial charge in [0.1, 0.15) is 0 Å². The van der Waals surface area contributed by atoms with Crippen molar-refractivity contribution in [2.75, 3.05) is 4.90 Å². The molecule has 0 radical (unpaired) electrons. The Balaban J connectivity index is 1.44. The van der Waals surface area contributed by atoms with Gasteiger partial charge in [-0.05, 0) is 0 Å². The molecule has 0 aliphatic carbocycles. The number of rotatable bonds is 3. The summed E-state index contributed by atoms with van der Waals surface area (Å²) in [7, 11) is 0. The third-order valence-electron chi connectivity index (χ3n) is 7.60. The summed E-state index contributed by atoms with van der Waals surface area (Å²) in [5, 5.41) is 10.6. The van der Waals surface area contributed by atoms with E-state index in [1.54, 1.807) is 0 Å². The zero-order valence-corrected chi connectivity index (χ0v) is 22.3. The zero-order chi connectivity index (χ0) is 25.1. The van der Waals surface area contributed by atoms with Crippen molar-refractivity contribution in [3.8, 4) is 0 Å². The van der Waals surface area contributed by atoms with E-state index < -0.39 is 0 Å². The number of hydrogen-bond donors (Lipinski definition) is 0. The Hall–Kier alpha value is -4.36. The van der Waals surface area contributed by atoms with Gasteiger partial charge in [-0.2, -0.15) is 0 Å². The second-order valence-corrected chi connectivity index (χ2v) is 12.0. The Morgan fingerprint density at radius 2 is 1.08 bits per heavy atom. The number of anilines is 3. The molecule has 0 spiro atoms. The third-order valence-corrected chi connectivity index (χ3v) is 10.2. The van der Waals surface area contributed by atoms with E-state index in [4.69, 9.17) is 0 Å². The predicted octanol–water partition coefficient (Wildman–Crippen LogP) is 9.98. The molecule has 0 unspecified atom stereocenters. The molecule has 1 nitrogen and oxygen atoms in total. The van der Waals surface area contributed by atoms with Crippen LogP contribution in [0.2, 0.25) is 0 Å². The number of benzene rings is 7. The molecule has 178 valence electrons. The Labute approximate surface area is 226 Å². The van der Waals surface area contributed by atoms with Gasteiger partial charge in [0.2, 0.25) is 0 Å². The average Bonchev–Trinajstić information content (AvgIpc) is 3.37. The van der Waals surface area contributed by atoms with Gasteiger partial charge in [0.05, 0.1) is 0 Å². The van der Waals surface area contributed by atoms with Gasteiger partial charge in [-0.15, -0.1) is 0 Å². The molecule has 1 aromatic heterocycles. The van der Waals surface area contributed by atoms with Crippen LogP contribution in [0.1, 0.15) is 0 Å². The molecule has 0 bridgehead atoms. The summed E-state index contributed by atoms with van der Waals surface area (Å²) in [5.41, 5.74) is 3.55. The summed E-state index contributed by atoms with van der Waals surface area (Å²) >= 11 is 0.303. The molecule has 7 aromatic carbocycles. The molecule has 2 heteroatoms. The first-order valence-corrected chi connectivity index (χ1v) is 14.7. The second-order valence-electron chi connectivity index (χ2n) is 9.78. The van der Waals surface area contributed by atoms with Crippen LogP contribution in [-0.4, -0.2) is 14.5 Å². The van der Waals surface area contributed by atoms with E-state index in [1.807, 2.05) is 0 Å². The standard InChI is InChI=1S/C36H23NSe/c1-2-12-26(13-3-1)37(34-22-25-11-5-6-14-28(25)30-16-8-9-17-31(30)34)27-19-21-35-33(23-27)32-20-18-24-10-4-7-15-29(24)36(32)38-35/h1-23H. The number of hydrogen-bond acceptors (Lipinski definition) is 1. The van der Waals surface area contributed by atoms with E-state index >= 15 is 0 Å². The molecule has 0 fully saturated rings. The summed E-state index contributed by atoms with van der Waals surface area (Å²) in [4.78, 5) is 2.43. The Bertz CT molecular complexity index is 2140. The summed E-state index contributed by atoms with van der Waals surface area (Å²) in [6.07, 6.45) is 0. The number of fused-ring (bicyclic) bond motifs is 8. The van der Waals surface area contributed by atoms with Crippen LogP contribution in [0.4, 0.5) is 17.1 Å². The van der Waals surface area contributed by atoms with Crippen LogP contribution in [0.3, 0.4) is 0 Å². The van der Waals surface area contributed by atoms with Gasteiger partial charge in [0.25, 0.3) is 0 Å². The van der Waals surface area contributed by atoms with Gasteiger partial charge >= 0.3 is 228 Å². The molecule has 0 saturated heterocycles. The van der Waals surface area contributed by atoms with E-state index in [0.29, 0.717) is 14.5 Å². The Kier molecular flexibility index (Phi) is 4.91. The van der Waals surface area contributed by atoms with Crippen LogP contribution in [0.15, 0.2) is 140 Å². The van der Waals surface area contributed by atoms with E-state index in [1.165, 1.54) is 63.0 Å². The van der Waals surface area contributed by atoms with Gasteiger partial charge in [-0.25, -0.2) is 0 Å². The molecule has 1 heterocycles. The number of nitrogens with zero attached hydrogens (tertiary/aromatic N) is 1. The topological polar surface area (TPSA) is 3.24 Å². The molecule has 0 aliphatic rings. The van der Waals surface area contributed by atoms with E-state index in [0.717, 1.165) is 5.69 Å². The van der Waals surface area contributed by atoms with Gasteiger partial charge in [0, 0.05) is 0 Å². The fraction of sp³-hybridized carbons (Fsp3) is 0. The normalized spacial score (nSPS) is 11.7. The average molecular weight is 549 g/mol. The molecule has 0 aliphatic heterocycles. The summed E-state index contributed by atoms with van der Waals surface area (Å²) in [6.45, 7) is 0. The molecular weight excluding hydrogens is 525 g/mol. The van der Waals surface area contributed by atoms with Crippen molar-refractivity contribution < 1.29 is 0 Å². The second kappa shape index (κ2) is 8.60. The summed E-state index contributed by atoms with van der Waals surface area (Å²) in [6, 6.07) is 51.1. The van der Waals surface area contributed by atoms with Crippen LogP contribution in [-0.2, 0) is 0 Å². The molecule has 8 rings (SSSR count). The minimum atomic E-state index is 0.303.